The highest BCUT2D eigenvalue weighted by Crippen LogP contribution is 2.19. The molecule has 0 aromatic heterocycles. The van der Waals surface area contributed by atoms with E-state index < -0.39 is 12.6 Å². The van der Waals surface area contributed by atoms with E-state index in [9.17, 15) is 9.59 Å². The van der Waals surface area contributed by atoms with Gasteiger partial charge in [0.15, 0.2) is 6.61 Å². The SMILES string of the molecule is CCC(NC(=O)c1cccc(OCC(=O)O)c1)C1CCCO1. The van der Waals surface area contributed by atoms with Crippen molar-refractivity contribution in [3.8, 4) is 5.75 Å². The number of nitrogens with one attached hydrogen (secondary N) is 1. The van der Waals surface area contributed by atoms with E-state index in [1.165, 1.54) is 0 Å². The van der Waals surface area contributed by atoms with Crippen molar-refractivity contribution in [3.05, 3.63) is 29.8 Å². The molecule has 2 rings (SSSR count). The third-order valence-corrected chi connectivity index (χ3v) is 3.63. The number of carbonyl (C=O) groups excluding carboxylic acids is 1. The molecule has 1 aliphatic rings. The zero-order valence-corrected chi connectivity index (χ0v) is 12.6. The zero-order valence-electron chi connectivity index (χ0n) is 12.6. The number of amides is 1. The molecule has 2 unspecified atom stereocenters. The van der Waals surface area contributed by atoms with E-state index in [1.807, 2.05) is 6.92 Å². The minimum Gasteiger partial charge on any atom is -0.482 e. The van der Waals surface area contributed by atoms with Crippen molar-refractivity contribution in [3.63, 3.8) is 0 Å². The third kappa shape index (κ3) is 4.46. The Kier molecular flexibility index (Phi) is 5.77. The first-order chi connectivity index (χ1) is 10.6. The summed E-state index contributed by atoms with van der Waals surface area (Å²) in [6.07, 6.45) is 2.85. The standard InChI is InChI=1S/C16H21NO5/c1-2-13(14-7-4-8-21-14)17-16(20)11-5-3-6-12(9-11)22-10-15(18)19/h3,5-6,9,13-14H,2,4,7-8,10H2,1H3,(H,17,20)(H,18,19). The molecule has 2 N–H and O–H groups in total. The molecule has 0 saturated carbocycles. The Balaban J connectivity index is 1.98. The van der Waals surface area contributed by atoms with Crippen LogP contribution in [0.3, 0.4) is 0 Å². The van der Waals surface area contributed by atoms with Crippen molar-refractivity contribution >= 4 is 11.9 Å². The normalized spacial score (nSPS) is 18.7. The van der Waals surface area contributed by atoms with E-state index in [0.29, 0.717) is 11.3 Å². The Morgan fingerprint density at radius 3 is 2.95 bits per heavy atom. The summed E-state index contributed by atoms with van der Waals surface area (Å²) >= 11 is 0. The number of carboxylic acid groups (broad SMARTS) is 1. The fraction of sp³-hybridized carbons (Fsp3) is 0.500. The van der Waals surface area contributed by atoms with Crippen molar-refractivity contribution in [2.75, 3.05) is 13.2 Å². The van der Waals surface area contributed by atoms with Gasteiger partial charge in [0.05, 0.1) is 12.1 Å². The Labute approximate surface area is 129 Å². The molecule has 120 valence electrons. The Morgan fingerprint density at radius 2 is 2.32 bits per heavy atom. The van der Waals surface area contributed by atoms with Crippen LogP contribution in [-0.4, -0.2) is 42.3 Å². The van der Waals surface area contributed by atoms with Gasteiger partial charge in [-0.2, -0.15) is 0 Å². The first-order valence-electron chi connectivity index (χ1n) is 7.47. The van der Waals surface area contributed by atoms with Crippen LogP contribution in [0.1, 0.15) is 36.5 Å². The highest BCUT2D eigenvalue weighted by Gasteiger charge is 2.26. The number of aliphatic carboxylic acids is 1. The molecule has 0 bridgehead atoms. The average Bonchev–Trinajstić information content (AvgIpc) is 3.05. The molecule has 1 saturated heterocycles. The van der Waals surface area contributed by atoms with Gasteiger partial charge < -0.3 is 19.9 Å². The molecule has 1 heterocycles. The highest BCUT2D eigenvalue weighted by atomic mass is 16.5. The Morgan fingerprint density at radius 1 is 1.50 bits per heavy atom. The second kappa shape index (κ2) is 7.79. The van der Waals surface area contributed by atoms with E-state index in [0.717, 1.165) is 25.9 Å². The molecule has 1 aromatic carbocycles. The van der Waals surface area contributed by atoms with Gasteiger partial charge in [-0.05, 0) is 37.5 Å². The number of carboxylic acids is 1. The quantitative estimate of drug-likeness (QED) is 0.803. The minimum absolute atomic E-state index is 0.0152. The lowest BCUT2D eigenvalue weighted by Gasteiger charge is -2.23. The van der Waals surface area contributed by atoms with Crippen molar-refractivity contribution in [2.45, 2.75) is 38.3 Å². The van der Waals surface area contributed by atoms with E-state index in [-0.39, 0.29) is 18.1 Å². The molecule has 1 aliphatic heterocycles. The first-order valence-corrected chi connectivity index (χ1v) is 7.47. The van der Waals surface area contributed by atoms with Crippen LogP contribution in [0.15, 0.2) is 24.3 Å². The monoisotopic (exact) mass is 307 g/mol. The summed E-state index contributed by atoms with van der Waals surface area (Å²) in [6, 6.07) is 6.49. The van der Waals surface area contributed by atoms with Crippen LogP contribution >= 0.6 is 0 Å². The van der Waals surface area contributed by atoms with Crippen LogP contribution < -0.4 is 10.1 Å². The zero-order chi connectivity index (χ0) is 15.9. The lowest BCUT2D eigenvalue weighted by molar-refractivity contribution is -0.139. The fourth-order valence-electron chi connectivity index (χ4n) is 2.50. The summed E-state index contributed by atoms with van der Waals surface area (Å²) in [5, 5.41) is 11.6. The maximum absolute atomic E-state index is 12.3. The van der Waals surface area contributed by atoms with Crippen LogP contribution in [0.4, 0.5) is 0 Å². The maximum atomic E-state index is 12.3. The molecule has 0 radical (unpaired) electrons. The van der Waals surface area contributed by atoms with Crippen molar-refractivity contribution in [2.24, 2.45) is 0 Å². The van der Waals surface area contributed by atoms with Crippen molar-refractivity contribution < 1.29 is 24.2 Å². The number of benzene rings is 1. The molecule has 0 aliphatic carbocycles. The summed E-state index contributed by atoms with van der Waals surface area (Å²) in [5.41, 5.74) is 0.444. The van der Waals surface area contributed by atoms with Crippen LogP contribution in [-0.2, 0) is 9.53 Å². The van der Waals surface area contributed by atoms with Crippen molar-refractivity contribution in [1.29, 1.82) is 0 Å². The van der Waals surface area contributed by atoms with Crippen LogP contribution in [0.5, 0.6) is 5.75 Å². The second-order valence-corrected chi connectivity index (χ2v) is 5.25. The summed E-state index contributed by atoms with van der Waals surface area (Å²) in [4.78, 5) is 22.8. The van der Waals surface area contributed by atoms with Gasteiger partial charge in [0.1, 0.15) is 5.75 Å². The largest absolute Gasteiger partial charge is 0.482 e. The molecule has 2 atom stereocenters. The molecule has 6 heteroatoms. The summed E-state index contributed by atoms with van der Waals surface area (Å²) < 4.78 is 10.7. The topological polar surface area (TPSA) is 84.9 Å². The van der Waals surface area contributed by atoms with Gasteiger partial charge in [-0.3, -0.25) is 4.79 Å². The molecule has 1 amide bonds. The van der Waals surface area contributed by atoms with Gasteiger partial charge in [0, 0.05) is 12.2 Å². The predicted octanol–water partition coefficient (Wildman–Crippen LogP) is 1.84. The van der Waals surface area contributed by atoms with Gasteiger partial charge in [-0.1, -0.05) is 13.0 Å². The van der Waals surface area contributed by atoms with E-state index in [4.69, 9.17) is 14.6 Å². The van der Waals surface area contributed by atoms with E-state index in [1.54, 1.807) is 24.3 Å². The lowest BCUT2D eigenvalue weighted by atomic mass is 10.0. The molecular weight excluding hydrogens is 286 g/mol. The number of ether oxygens (including phenoxy) is 2. The first kappa shape index (κ1) is 16.3. The lowest BCUT2D eigenvalue weighted by Crippen LogP contribution is -2.42. The molecule has 1 aromatic rings. The molecule has 1 fully saturated rings. The van der Waals surface area contributed by atoms with E-state index in [2.05, 4.69) is 5.32 Å². The Bertz CT molecular complexity index is 525. The molecule has 6 nitrogen and oxygen atoms in total. The number of hydrogen-bond donors (Lipinski definition) is 2. The second-order valence-electron chi connectivity index (χ2n) is 5.25. The number of hydrogen-bond acceptors (Lipinski definition) is 4. The minimum atomic E-state index is -1.06. The van der Waals surface area contributed by atoms with Crippen LogP contribution in [0.25, 0.3) is 0 Å². The predicted molar refractivity (Wildman–Crippen MR) is 80.1 cm³/mol. The van der Waals surface area contributed by atoms with Gasteiger partial charge in [0.2, 0.25) is 0 Å². The van der Waals surface area contributed by atoms with Crippen LogP contribution in [0.2, 0.25) is 0 Å². The van der Waals surface area contributed by atoms with Crippen molar-refractivity contribution in [1.82, 2.24) is 5.32 Å². The average molecular weight is 307 g/mol. The Hall–Kier alpha value is -2.08. The number of rotatable bonds is 7. The van der Waals surface area contributed by atoms with Gasteiger partial charge in [0.25, 0.3) is 5.91 Å². The summed E-state index contributed by atoms with van der Waals surface area (Å²) in [5.74, 6) is -0.900. The maximum Gasteiger partial charge on any atom is 0.341 e. The smallest absolute Gasteiger partial charge is 0.341 e. The highest BCUT2D eigenvalue weighted by molar-refractivity contribution is 5.94. The van der Waals surface area contributed by atoms with E-state index >= 15 is 0 Å². The van der Waals surface area contributed by atoms with Gasteiger partial charge in [-0.15, -0.1) is 0 Å². The summed E-state index contributed by atoms with van der Waals surface area (Å²) in [6.45, 7) is 2.33. The van der Waals surface area contributed by atoms with Gasteiger partial charge in [-0.25, -0.2) is 4.79 Å². The third-order valence-electron chi connectivity index (χ3n) is 3.63. The molecular formula is C16H21NO5. The molecule has 22 heavy (non-hydrogen) atoms. The van der Waals surface area contributed by atoms with Gasteiger partial charge >= 0.3 is 5.97 Å². The number of carbonyl (C=O) groups is 2. The summed E-state index contributed by atoms with van der Waals surface area (Å²) in [7, 11) is 0. The van der Waals surface area contributed by atoms with Crippen LogP contribution in [0, 0.1) is 0 Å². The molecule has 0 spiro atoms. The fourth-order valence-corrected chi connectivity index (χ4v) is 2.50.